The molecule has 2 atom stereocenters. The third-order valence-electron chi connectivity index (χ3n) is 5.62. The van der Waals surface area contributed by atoms with Crippen molar-refractivity contribution in [2.45, 2.75) is 39.5 Å². The first-order chi connectivity index (χ1) is 10.9. The molecule has 0 fully saturated rings. The molecule has 2 aliphatic carbocycles. The number of aryl methyl sites for hydroxylation is 1. The molecule has 1 aromatic rings. The van der Waals surface area contributed by atoms with Gasteiger partial charge in [-0.3, -0.25) is 9.59 Å². The zero-order valence-electron chi connectivity index (χ0n) is 13.8. The minimum Gasteiger partial charge on any atom is -0.497 e. The fourth-order valence-electron chi connectivity index (χ4n) is 4.12. The van der Waals surface area contributed by atoms with Crippen LogP contribution in [0.5, 0.6) is 5.75 Å². The second kappa shape index (κ2) is 5.52. The number of carboxylic acid groups (broad SMARTS) is 1. The summed E-state index contributed by atoms with van der Waals surface area (Å²) in [6, 6.07) is 5.98. The van der Waals surface area contributed by atoms with Crippen molar-refractivity contribution in [3.63, 3.8) is 0 Å². The summed E-state index contributed by atoms with van der Waals surface area (Å²) in [4.78, 5) is 24.1. The molecule has 0 bridgehead atoms. The highest BCUT2D eigenvalue weighted by Crippen LogP contribution is 2.51. The van der Waals surface area contributed by atoms with Crippen molar-refractivity contribution >= 4 is 17.3 Å². The maximum Gasteiger partial charge on any atom is 0.311 e. The second-order valence-corrected chi connectivity index (χ2v) is 6.77. The zero-order chi connectivity index (χ0) is 16.8. The first-order valence-electron chi connectivity index (χ1n) is 8.01. The lowest BCUT2D eigenvalue weighted by molar-refractivity contribution is -0.149. The Labute approximate surface area is 136 Å². The van der Waals surface area contributed by atoms with Crippen molar-refractivity contribution in [3.8, 4) is 5.75 Å². The lowest BCUT2D eigenvalue weighted by Crippen LogP contribution is -2.43. The van der Waals surface area contributed by atoms with E-state index >= 15 is 0 Å². The van der Waals surface area contributed by atoms with Crippen LogP contribution in [0.3, 0.4) is 0 Å². The van der Waals surface area contributed by atoms with Gasteiger partial charge in [0.1, 0.15) is 11.5 Å². The van der Waals surface area contributed by atoms with E-state index in [9.17, 15) is 14.7 Å². The van der Waals surface area contributed by atoms with E-state index in [4.69, 9.17) is 4.74 Å². The summed E-state index contributed by atoms with van der Waals surface area (Å²) in [7, 11) is 1.65. The van der Waals surface area contributed by atoms with Crippen LogP contribution in [0.15, 0.2) is 23.8 Å². The quantitative estimate of drug-likeness (QED) is 0.927. The Morgan fingerprint density at radius 3 is 2.61 bits per heavy atom. The van der Waals surface area contributed by atoms with Crippen molar-refractivity contribution in [3.05, 3.63) is 34.9 Å². The number of hydrogen-bond acceptors (Lipinski definition) is 3. The van der Waals surface area contributed by atoms with Gasteiger partial charge < -0.3 is 9.84 Å². The summed E-state index contributed by atoms with van der Waals surface area (Å²) < 4.78 is 5.29. The van der Waals surface area contributed by atoms with Crippen LogP contribution in [0, 0.1) is 11.3 Å². The molecule has 1 aromatic carbocycles. The third-order valence-corrected chi connectivity index (χ3v) is 5.62. The number of aliphatic carboxylic acids is 1. The summed E-state index contributed by atoms with van der Waals surface area (Å²) in [5.74, 6) is -0.796. The van der Waals surface area contributed by atoms with Crippen LogP contribution < -0.4 is 4.74 Å². The summed E-state index contributed by atoms with van der Waals surface area (Å²) in [5.41, 5.74) is 3.61. The van der Waals surface area contributed by atoms with Gasteiger partial charge in [0, 0.05) is 5.41 Å². The van der Waals surface area contributed by atoms with Gasteiger partial charge in [-0.15, -0.1) is 0 Å². The number of hydrogen-bond donors (Lipinski definition) is 1. The highest BCUT2D eigenvalue weighted by Gasteiger charge is 2.49. The molecule has 1 N–H and O–H groups in total. The summed E-state index contributed by atoms with van der Waals surface area (Å²) in [6.07, 6.45) is 2.84. The van der Waals surface area contributed by atoms with Crippen LogP contribution in [0.4, 0.5) is 0 Å². The van der Waals surface area contributed by atoms with E-state index < -0.39 is 17.3 Å². The van der Waals surface area contributed by atoms with Crippen LogP contribution in [0.2, 0.25) is 0 Å². The number of benzene rings is 1. The minimum atomic E-state index is -0.883. The molecule has 4 nitrogen and oxygen atoms in total. The molecular formula is C19H22O4. The Balaban J connectivity index is 2.13. The Morgan fingerprint density at radius 2 is 2.00 bits per heavy atom. The van der Waals surface area contributed by atoms with Crippen molar-refractivity contribution in [2.75, 3.05) is 7.11 Å². The minimum absolute atomic E-state index is 0.0306. The molecule has 122 valence electrons. The van der Waals surface area contributed by atoms with Crippen molar-refractivity contribution in [1.29, 1.82) is 0 Å². The number of fused-ring (bicyclic) bond motifs is 2. The number of carbonyl (C=O) groups excluding carboxylic acids is 1. The van der Waals surface area contributed by atoms with Gasteiger partial charge in [-0.05, 0) is 61.4 Å². The summed E-state index contributed by atoms with van der Waals surface area (Å²) in [6.45, 7) is 3.32. The summed E-state index contributed by atoms with van der Waals surface area (Å²) >= 11 is 0. The van der Waals surface area contributed by atoms with Gasteiger partial charge in [0.15, 0.2) is 0 Å². The van der Waals surface area contributed by atoms with E-state index in [2.05, 4.69) is 0 Å². The smallest absolute Gasteiger partial charge is 0.311 e. The average Bonchev–Trinajstić information content (AvgIpc) is 2.53. The fourth-order valence-corrected chi connectivity index (χ4v) is 4.12. The molecule has 23 heavy (non-hydrogen) atoms. The Hall–Kier alpha value is -2.10. The van der Waals surface area contributed by atoms with Crippen LogP contribution in [-0.4, -0.2) is 24.0 Å². The van der Waals surface area contributed by atoms with E-state index in [1.54, 1.807) is 14.0 Å². The standard InChI is InChI=1S/C19H22O4/c1-11(20)19(2)9-8-15-14-7-5-13(23-3)10-12(14)4-6-16(15)17(19)18(21)22/h5,7,10,17H,4,6,8-9H2,1-3H3,(H,21,22)/t17-,19+/m1/s1. The van der Waals surface area contributed by atoms with Gasteiger partial charge >= 0.3 is 5.97 Å². The van der Waals surface area contributed by atoms with Gasteiger partial charge in [-0.25, -0.2) is 0 Å². The van der Waals surface area contributed by atoms with Crippen LogP contribution in [0.1, 0.15) is 44.2 Å². The molecule has 0 saturated heterocycles. The molecule has 0 amide bonds. The molecule has 4 heteroatoms. The van der Waals surface area contributed by atoms with Crippen molar-refractivity contribution in [2.24, 2.45) is 11.3 Å². The Morgan fingerprint density at radius 1 is 1.26 bits per heavy atom. The number of ketones is 1. The van der Waals surface area contributed by atoms with Crippen molar-refractivity contribution < 1.29 is 19.4 Å². The predicted molar refractivity (Wildman–Crippen MR) is 87.4 cm³/mol. The first kappa shape index (κ1) is 15.8. The molecule has 0 aliphatic heterocycles. The molecule has 0 heterocycles. The number of rotatable bonds is 3. The lowest BCUT2D eigenvalue weighted by atomic mass is 9.60. The highest BCUT2D eigenvalue weighted by molar-refractivity contribution is 5.93. The number of methoxy groups -OCH3 is 1. The van der Waals surface area contributed by atoms with Crippen LogP contribution >= 0.6 is 0 Å². The number of carbonyl (C=O) groups is 2. The Bertz CT molecular complexity index is 716. The van der Waals surface area contributed by atoms with Crippen LogP contribution in [-0.2, 0) is 16.0 Å². The number of ether oxygens (including phenoxy) is 1. The highest BCUT2D eigenvalue weighted by atomic mass is 16.5. The van der Waals surface area contributed by atoms with E-state index in [1.807, 2.05) is 18.2 Å². The van der Waals surface area contributed by atoms with E-state index in [0.29, 0.717) is 12.8 Å². The normalized spacial score (nSPS) is 26.3. The Kier molecular flexibility index (Phi) is 3.78. The van der Waals surface area contributed by atoms with Crippen molar-refractivity contribution in [1.82, 2.24) is 0 Å². The maximum absolute atomic E-state index is 12.1. The number of Topliss-reactive ketones (excluding diaryl/α,β-unsaturated/α-hetero) is 1. The molecule has 3 rings (SSSR count). The van der Waals surface area contributed by atoms with Gasteiger partial charge in [0.25, 0.3) is 0 Å². The first-order valence-corrected chi connectivity index (χ1v) is 8.01. The number of allylic oxidation sites excluding steroid dienone is 1. The topological polar surface area (TPSA) is 63.6 Å². The lowest BCUT2D eigenvalue weighted by Gasteiger charge is -2.42. The SMILES string of the molecule is COc1ccc2c(c1)CCC1=C2CC[C@@](C)(C(C)=O)[C@H]1C(=O)O. The fraction of sp³-hybridized carbons (Fsp3) is 0.474. The van der Waals surface area contributed by atoms with E-state index in [-0.39, 0.29) is 5.78 Å². The predicted octanol–water partition coefficient (Wildman–Crippen LogP) is 3.48. The average molecular weight is 314 g/mol. The zero-order valence-corrected chi connectivity index (χ0v) is 13.8. The monoisotopic (exact) mass is 314 g/mol. The molecule has 0 radical (unpaired) electrons. The molecule has 0 aromatic heterocycles. The van der Waals surface area contributed by atoms with Gasteiger partial charge in [-0.2, -0.15) is 0 Å². The summed E-state index contributed by atoms with van der Waals surface area (Å²) in [5, 5.41) is 9.79. The van der Waals surface area contributed by atoms with E-state index in [1.165, 1.54) is 12.5 Å². The molecule has 2 aliphatic rings. The van der Waals surface area contributed by atoms with Gasteiger partial charge in [0.2, 0.25) is 0 Å². The molecule has 0 unspecified atom stereocenters. The van der Waals surface area contributed by atoms with Crippen LogP contribution in [0.25, 0.3) is 5.57 Å². The number of carboxylic acids is 1. The largest absolute Gasteiger partial charge is 0.497 e. The van der Waals surface area contributed by atoms with E-state index in [0.717, 1.165) is 35.3 Å². The maximum atomic E-state index is 12.1. The third kappa shape index (κ3) is 2.37. The van der Waals surface area contributed by atoms with Gasteiger partial charge in [-0.1, -0.05) is 18.6 Å². The molecule has 0 spiro atoms. The second-order valence-electron chi connectivity index (χ2n) is 6.77. The molecular weight excluding hydrogens is 292 g/mol. The van der Waals surface area contributed by atoms with Gasteiger partial charge in [0.05, 0.1) is 13.0 Å². The molecule has 0 saturated carbocycles.